The fraction of sp³-hybridized carbons (Fsp3) is 0.0667. The Morgan fingerprint density at radius 2 is 0.779 bits per heavy atom. The highest BCUT2D eigenvalue weighted by molar-refractivity contribution is 7.27. The molecule has 2 aliphatic rings. The van der Waals surface area contributed by atoms with Crippen molar-refractivity contribution in [2.24, 2.45) is 0 Å². The number of nitrogens with zero attached hydrogens (tertiary/aromatic N) is 1. The molecule has 0 fully saturated rings. The molecule has 1 heterocycles. The molecule has 0 bridgehead atoms. The second-order valence-electron chi connectivity index (χ2n) is 21.7. The minimum atomic E-state index is -0.265. The number of hydrogen-bond acceptors (Lipinski definition) is 2. The smallest absolute Gasteiger partial charge is 0.0462 e. The van der Waals surface area contributed by atoms with Gasteiger partial charge in [-0.15, -0.1) is 11.3 Å². The van der Waals surface area contributed by atoms with Gasteiger partial charge in [-0.3, -0.25) is 0 Å². The van der Waals surface area contributed by atoms with E-state index in [4.69, 9.17) is 0 Å². The molecular weight excluding hydrogens is 947 g/mol. The van der Waals surface area contributed by atoms with Crippen LogP contribution in [0.25, 0.3) is 97.7 Å². The number of fused-ring (bicyclic) bond motifs is 11. The maximum Gasteiger partial charge on any atom is 0.0462 e. The fourth-order valence-corrected chi connectivity index (χ4v) is 14.8. The molecule has 77 heavy (non-hydrogen) atoms. The molecule has 0 saturated heterocycles. The van der Waals surface area contributed by atoms with E-state index >= 15 is 0 Å². The maximum absolute atomic E-state index is 2.44. The van der Waals surface area contributed by atoms with E-state index in [1.807, 2.05) is 11.3 Å². The molecule has 1 atom stereocenters. The molecule has 0 amide bonds. The van der Waals surface area contributed by atoms with E-state index in [0.717, 1.165) is 17.1 Å². The lowest BCUT2D eigenvalue weighted by Gasteiger charge is -2.28. The molecule has 1 nitrogen and oxygen atoms in total. The summed E-state index contributed by atoms with van der Waals surface area (Å²) in [6.07, 6.45) is 0. The van der Waals surface area contributed by atoms with Crippen molar-refractivity contribution in [1.82, 2.24) is 0 Å². The summed E-state index contributed by atoms with van der Waals surface area (Å²) in [5, 5.41) is 5.22. The summed E-state index contributed by atoms with van der Waals surface area (Å²) in [7, 11) is 0. The Morgan fingerprint density at radius 3 is 1.49 bits per heavy atom. The lowest BCUT2D eigenvalue weighted by Crippen LogP contribution is -2.22. The van der Waals surface area contributed by atoms with Crippen molar-refractivity contribution in [1.29, 1.82) is 0 Å². The topological polar surface area (TPSA) is 3.24 Å². The van der Waals surface area contributed by atoms with Gasteiger partial charge in [-0.25, -0.2) is 0 Å². The van der Waals surface area contributed by atoms with Gasteiger partial charge in [0.25, 0.3) is 0 Å². The van der Waals surface area contributed by atoms with Crippen LogP contribution in [0.2, 0.25) is 0 Å². The zero-order valence-electron chi connectivity index (χ0n) is 43.3. The Bertz CT molecular complexity index is 4470. The Hall–Kier alpha value is -9.08. The first kappa shape index (κ1) is 45.3. The van der Waals surface area contributed by atoms with Crippen LogP contribution >= 0.6 is 11.3 Å². The minimum absolute atomic E-state index is 0.125. The van der Waals surface area contributed by atoms with Crippen molar-refractivity contribution < 1.29 is 0 Å². The standard InChI is InChI=1S/C75H53NS/c1-74(2)68-29-13-11-24-62(68)65-27-16-26-64(71(65)74)60-22-10-9-20-57(60)50-33-41-55(42-34-50)76(56-43-35-51(36-44-56)59-25-15-28-66-67-46-37-49-17-7-8-21-58(49)73(67)77-72(59)66)54-39-31-48(32-40-54)52-38-45-63-61-23-12-14-30-69(61)75(3,70(63)47-52)53-18-5-4-6-19-53/h4-47H,1-3H3. The van der Waals surface area contributed by atoms with E-state index in [1.54, 1.807) is 0 Å². The zero-order chi connectivity index (χ0) is 51.4. The van der Waals surface area contributed by atoms with Crippen LogP contribution in [0.4, 0.5) is 17.1 Å². The molecule has 12 aromatic carbocycles. The number of benzene rings is 12. The van der Waals surface area contributed by atoms with Gasteiger partial charge in [0.15, 0.2) is 0 Å². The normalized spacial score (nSPS) is 14.8. The van der Waals surface area contributed by atoms with Gasteiger partial charge in [0.2, 0.25) is 0 Å². The molecule has 0 aliphatic heterocycles. The van der Waals surface area contributed by atoms with Crippen molar-refractivity contribution in [3.05, 3.63) is 295 Å². The maximum atomic E-state index is 2.44. The first-order valence-electron chi connectivity index (χ1n) is 26.9. The molecule has 0 saturated carbocycles. The summed E-state index contributed by atoms with van der Waals surface area (Å²) in [4.78, 5) is 2.41. The first-order chi connectivity index (χ1) is 37.8. The van der Waals surface area contributed by atoms with E-state index in [1.165, 1.54) is 126 Å². The number of hydrogen-bond donors (Lipinski definition) is 0. The van der Waals surface area contributed by atoms with Crippen LogP contribution in [0.15, 0.2) is 267 Å². The Balaban J connectivity index is 0.824. The number of rotatable bonds is 8. The van der Waals surface area contributed by atoms with Crippen LogP contribution in [-0.4, -0.2) is 0 Å². The van der Waals surface area contributed by atoms with Gasteiger partial charge in [0.1, 0.15) is 0 Å². The van der Waals surface area contributed by atoms with Crippen molar-refractivity contribution in [3.8, 4) is 66.8 Å². The lowest BCUT2D eigenvalue weighted by atomic mass is 9.74. The highest BCUT2D eigenvalue weighted by atomic mass is 32.1. The predicted octanol–water partition coefficient (Wildman–Crippen LogP) is 21.0. The Kier molecular flexibility index (Phi) is 10.3. The second-order valence-corrected chi connectivity index (χ2v) is 22.7. The molecular formula is C75H53NS. The second kappa shape index (κ2) is 17.5. The monoisotopic (exact) mass is 999 g/mol. The lowest BCUT2D eigenvalue weighted by molar-refractivity contribution is 0.662. The molecule has 0 spiro atoms. The van der Waals surface area contributed by atoms with Gasteiger partial charge in [0, 0.05) is 48.1 Å². The highest BCUT2D eigenvalue weighted by Gasteiger charge is 2.41. The molecule has 1 unspecified atom stereocenters. The molecule has 364 valence electrons. The predicted molar refractivity (Wildman–Crippen MR) is 328 cm³/mol. The molecule has 0 N–H and O–H groups in total. The van der Waals surface area contributed by atoms with Crippen LogP contribution in [0.1, 0.15) is 48.6 Å². The fourth-order valence-electron chi connectivity index (χ4n) is 13.4. The van der Waals surface area contributed by atoms with E-state index in [2.05, 4.69) is 293 Å². The molecule has 2 aliphatic carbocycles. The average molecular weight is 1000 g/mol. The van der Waals surface area contributed by atoms with Gasteiger partial charge in [0.05, 0.1) is 0 Å². The van der Waals surface area contributed by atoms with Crippen molar-refractivity contribution in [2.45, 2.75) is 31.6 Å². The molecule has 2 heteroatoms. The third-order valence-corrected chi connectivity index (χ3v) is 18.5. The molecule has 15 rings (SSSR count). The third-order valence-electron chi connectivity index (χ3n) is 17.2. The van der Waals surface area contributed by atoms with Crippen LogP contribution in [-0.2, 0) is 10.8 Å². The summed E-state index contributed by atoms with van der Waals surface area (Å²) in [6, 6.07) is 99.5. The Labute approximate surface area is 454 Å². The van der Waals surface area contributed by atoms with Gasteiger partial charge in [-0.05, 0) is 155 Å². The average Bonchev–Trinajstić information content (AvgIpc) is 4.24. The van der Waals surface area contributed by atoms with Crippen LogP contribution in [0.5, 0.6) is 0 Å². The van der Waals surface area contributed by atoms with Crippen molar-refractivity contribution in [2.75, 3.05) is 4.90 Å². The molecule has 1 aromatic heterocycles. The molecule has 13 aromatic rings. The SMILES string of the molecule is CC1(C)c2ccccc2-c2cccc(-c3ccccc3-c3ccc(N(c4ccc(-c5ccc6c(c5)C(C)(c5ccccc5)c5ccccc5-6)cc4)c4ccc(-c5cccc6c5sc5c7ccccc7ccc65)cc4)cc3)c21. The van der Waals surface area contributed by atoms with Crippen LogP contribution in [0, 0.1) is 0 Å². The van der Waals surface area contributed by atoms with Gasteiger partial charge in [-0.2, -0.15) is 0 Å². The van der Waals surface area contributed by atoms with E-state index in [9.17, 15) is 0 Å². The first-order valence-corrected chi connectivity index (χ1v) is 27.7. The summed E-state index contributed by atoms with van der Waals surface area (Å²) in [5.74, 6) is 0. The summed E-state index contributed by atoms with van der Waals surface area (Å²) in [6.45, 7) is 7.15. The van der Waals surface area contributed by atoms with Gasteiger partial charge >= 0.3 is 0 Å². The summed E-state index contributed by atoms with van der Waals surface area (Å²) in [5.41, 5.74) is 24.8. The number of anilines is 3. The highest BCUT2D eigenvalue weighted by Crippen LogP contribution is 2.55. The largest absolute Gasteiger partial charge is 0.311 e. The van der Waals surface area contributed by atoms with Crippen LogP contribution < -0.4 is 4.90 Å². The Morgan fingerprint density at radius 1 is 0.299 bits per heavy atom. The van der Waals surface area contributed by atoms with Crippen molar-refractivity contribution in [3.63, 3.8) is 0 Å². The van der Waals surface area contributed by atoms with E-state index in [0.29, 0.717) is 0 Å². The van der Waals surface area contributed by atoms with E-state index < -0.39 is 0 Å². The van der Waals surface area contributed by atoms with Gasteiger partial charge in [-0.1, -0.05) is 238 Å². The van der Waals surface area contributed by atoms with Crippen molar-refractivity contribution >= 4 is 59.3 Å². The molecule has 0 radical (unpaired) electrons. The zero-order valence-corrected chi connectivity index (χ0v) is 44.1. The third kappa shape index (κ3) is 6.99. The summed E-state index contributed by atoms with van der Waals surface area (Å²) >= 11 is 1.91. The van der Waals surface area contributed by atoms with Crippen LogP contribution in [0.3, 0.4) is 0 Å². The van der Waals surface area contributed by atoms with E-state index in [-0.39, 0.29) is 10.8 Å². The quantitative estimate of drug-likeness (QED) is 0.147. The minimum Gasteiger partial charge on any atom is -0.311 e. The summed E-state index contributed by atoms with van der Waals surface area (Å²) < 4.78 is 2.67. The van der Waals surface area contributed by atoms with Gasteiger partial charge < -0.3 is 4.90 Å². The number of thiophene rings is 1.